The van der Waals surface area contributed by atoms with Crippen LogP contribution in [0.15, 0.2) is 11.0 Å². The standard InChI is InChI=1S/C14H23N3O3S/c1-8-7-11(15)10(3)12(9(8)2)21(19,20)17-13(18)16-14(4,5)6/h7H,15H2,1-6H3,(H2,16,17,18). The molecule has 0 saturated carbocycles. The number of nitrogen functional groups attached to an aromatic ring is 1. The Bertz CT molecular complexity index is 647. The van der Waals surface area contributed by atoms with Crippen LogP contribution in [0.2, 0.25) is 0 Å². The highest BCUT2D eigenvalue weighted by Gasteiger charge is 2.25. The molecule has 0 bridgehead atoms. The second-order valence-corrected chi connectivity index (χ2v) is 7.79. The first-order chi connectivity index (χ1) is 9.35. The summed E-state index contributed by atoms with van der Waals surface area (Å²) >= 11 is 0. The van der Waals surface area contributed by atoms with Crippen molar-refractivity contribution in [3.63, 3.8) is 0 Å². The van der Waals surface area contributed by atoms with Crippen LogP contribution in [-0.4, -0.2) is 20.0 Å². The molecular weight excluding hydrogens is 290 g/mol. The largest absolute Gasteiger partial charge is 0.398 e. The van der Waals surface area contributed by atoms with Gasteiger partial charge in [-0.1, -0.05) is 0 Å². The van der Waals surface area contributed by atoms with Crippen LogP contribution in [0, 0.1) is 20.8 Å². The molecule has 0 atom stereocenters. The highest BCUT2D eigenvalue weighted by atomic mass is 32.2. The molecule has 2 amide bonds. The van der Waals surface area contributed by atoms with Gasteiger partial charge >= 0.3 is 6.03 Å². The molecule has 0 aliphatic heterocycles. The average molecular weight is 313 g/mol. The number of hydrogen-bond donors (Lipinski definition) is 3. The Hall–Kier alpha value is -1.76. The van der Waals surface area contributed by atoms with Gasteiger partial charge in [-0.05, 0) is 64.3 Å². The normalized spacial score (nSPS) is 12.1. The lowest BCUT2D eigenvalue weighted by Crippen LogP contribution is -2.48. The van der Waals surface area contributed by atoms with Crippen LogP contribution in [0.1, 0.15) is 37.5 Å². The molecule has 1 aromatic carbocycles. The van der Waals surface area contributed by atoms with E-state index in [4.69, 9.17) is 5.73 Å². The highest BCUT2D eigenvalue weighted by Crippen LogP contribution is 2.27. The Labute approximate surface area is 126 Å². The number of carbonyl (C=O) groups excluding carboxylic acids is 1. The van der Waals surface area contributed by atoms with E-state index in [1.54, 1.807) is 47.6 Å². The Morgan fingerprint density at radius 1 is 1.14 bits per heavy atom. The Balaban J connectivity index is 3.24. The zero-order valence-corrected chi connectivity index (χ0v) is 14.1. The maximum atomic E-state index is 12.4. The van der Waals surface area contributed by atoms with Gasteiger partial charge in [-0.15, -0.1) is 0 Å². The van der Waals surface area contributed by atoms with Gasteiger partial charge in [0, 0.05) is 11.2 Å². The second-order valence-electron chi connectivity index (χ2n) is 6.17. The molecule has 0 aliphatic carbocycles. The molecule has 0 saturated heterocycles. The molecule has 4 N–H and O–H groups in total. The predicted molar refractivity (Wildman–Crippen MR) is 83.7 cm³/mol. The lowest BCUT2D eigenvalue weighted by Gasteiger charge is -2.21. The van der Waals surface area contributed by atoms with Gasteiger partial charge in [0.15, 0.2) is 0 Å². The third-order valence-electron chi connectivity index (χ3n) is 3.06. The van der Waals surface area contributed by atoms with Crippen molar-refractivity contribution in [3.05, 3.63) is 22.8 Å². The van der Waals surface area contributed by atoms with Crippen molar-refractivity contribution in [1.82, 2.24) is 10.0 Å². The predicted octanol–water partition coefficient (Wildman–Crippen LogP) is 1.98. The first-order valence-corrected chi connectivity index (χ1v) is 8.04. The number of nitrogens with one attached hydrogen (secondary N) is 2. The van der Waals surface area contributed by atoms with Gasteiger partial charge in [0.05, 0.1) is 4.90 Å². The van der Waals surface area contributed by atoms with E-state index in [0.717, 1.165) is 5.56 Å². The average Bonchev–Trinajstić information content (AvgIpc) is 2.22. The lowest BCUT2D eigenvalue weighted by molar-refractivity contribution is 0.237. The SMILES string of the molecule is Cc1cc(N)c(C)c(S(=O)(=O)NC(=O)NC(C)(C)C)c1C. The fourth-order valence-electron chi connectivity index (χ4n) is 1.98. The minimum absolute atomic E-state index is 0.0593. The molecule has 0 spiro atoms. The van der Waals surface area contributed by atoms with Crippen LogP contribution in [0.5, 0.6) is 0 Å². The molecule has 0 radical (unpaired) electrons. The summed E-state index contributed by atoms with van der Waals surface area (Å²) in [7, 11) is -3.98. The molecule has 6 nitrogen and oxygen atoms in total. The summed E-state index contributed by atoms with van der Waals surface area (Å²) in [6.45, 7) is 10.4. The van der Waals surface area contributed by atoms with Crippen LogP contribution in [0.3, 0.4) is 0 Å². The van der Waals surface area contributed by atoms with Crippen molar-refractivity contribution in [1.29, 1.82) is 0 Å². The third-order valence-corrected chi connectivity index (χ3v) is 4.67. The first-order valence-electron chi connectivity index (χ1n) is 6.56. The maximum absolute atomic E-state index is 12.4. The van der Waals surface area contributed by atoms with Crippen molar-refractivity contribution in [2.24, 2.45) is 0 Å². The summed E-state index contributed by atoms with van der Waals surface area (Å²) in [5, 5.41) is 2.55. The monoisotopic (exact) mass is 313 g/mol. The smallest absolute Gasteiger partial charge is 0.329 e. The number of nitrogens with two attached hydrogens (primary N) is 1. The maximum Gasteiger partial charge on any atom is 0.329 e. The topological polar surface area (TPSA) is 101 Å². The van der Waals surface area contributed by atoms with Gasteiger partial charge in [0.25, 0.3) is 10.0 Å². The number of urea groups is 1. The van der Waals surface area contributed by atoms with Crippen LogP contribution in [0.4, 0.5) is 10.5 Å². The summed E-state index contributed by atoms with van der Waals surface area (Å²) < 4.78 is 26.9. The van der Waals surface area contributed by atoms with E-state index in [1.807, 2.05) is 4.72 Å². The van der Waals surface area contributed by atoms with Gasteiger partial charge in [-0.2, -0.15) is 0 Å². The van der Waals surface area contributed by atoms with E-state index < -0.39 is 21.6 Å². The van der Waals surface area contributed by atoms with Crippen LogP contribution < -0.4 is 15.8 Å². The van der Waals surface area contributed by atoms with E-state index in [1.165, 1.54) is 0 Å². The zero-order valence-electron chi connectivity index (χ0n) is 13.3. The number of anilines is 1. The molecule has 7 heteroatoms. The van der Waals surface area contributed by atoms with E-state index in [-0.39, 0.29) is 4.90 Å². The Kier molecular flexibility index (Phi) is 4.57. The summed E-state index contributed by atoms with van der Waals surface area (Å²) in [4.78, 5) is 11.9. The van der Waals surface area contributed by atoms with Crippen LogP contribution in [0.25, 0.3) is 0 Å². The zero-order chi connectivity index (χ0) is 16.6. The molecule has 0 heterocycles. The quantitative estimate of drug-likeness (QED) is 0.727. The van der Waals surface area contributed by atoms with Crippen molar-refractivity contribution in [2.75, 3.05) is 5.73 Å². The molecule has 1 aromatic rings. The van der Waals surface area contributed by atoms with Crippen molar-refractivity contribution >= 4 is 21.7 Å². The molecular formula is C14H23N3O3S. The minimum atomic E-state index is -3.98. The first kappa shape index (κ1) is 17.3. The van der Waals surface area contributed by atoms with Gasteiger partial charge in [0.1, 0.15) is 0 Å². The molecule has 0 aromatic heterocycles. The van der Waals surface area contributed by atoms with E-state index >= 15 is 0 Å². The van der Waals surface area contributed by atoms with Gasteiger partial charge < -0.3 is 11.1 Å². The number of aryl methyl sites for hydroxylation is 1. The minimum Gasteiger partial charge on any atom is -0.398 e. The van der Waals surface area contributed by atoms with Crippen LogP contribution >= 0.6 is 0 Å². The summed E-state index contributed by atoms with van der Waals surface area (Å²) in [6, 6.07) is 0.959. The molecule has 0 aliphatic rings. The number of hydrogen-bond acceptors (Lipinski definition) is 4. The fraction of sp³-hybridized carbons (Fsp3) is 0.500. The van der Waals surface area contributed by atoms with Crippen molar-refractivity contribution in [2.45, 2.75) is 52.0 Å². The second kappa shape index (κ2) is 5.55. The Morgan fingerprint density at radius 2 is 1.67 bits per heavy atom. The van der Waals surface area contributed by atoms with Gasteiger partial charge in [0.2, 0.25) is 0 Å². The summed E-state index contributed by atoms with van der Waals surface area (Å²) in [5.41, 5.74) is 7.46. The molecule has 21 heavy (non-hydrogen) atoms. The fourth-order valence-corrected chi connectivity index (χ4v) is 3.47. The molecule has 118 valence electrons. The summed E-state index contributed by atoms with van der Waals surface area (Å²) in [5.74, 6) is 0. The number of rotatable bonds is 2. The number of amides is 2. The van der Waals surface area contributed by atoms with E-state index in [2.05, 4.69) is 5.32 Å². The molecule has 1 rings (SSSR count). The van der Waals surface area contributed by atoms with Crippen molar-refractivity contribution in [3.8, 4) is 0 Å². The van der Waals surface area contributed by atoms with Gasteiger partial charge in [-0.25, -0.2) is 17.9 Å². The number of benzene rings is 1. The molecule has 0 unspecified atom stereocenters. The van der Waals surface area contributed by atoms with Gasteiger partial charge in [-0.3, -0.25) is 0 Å². The van der Waals surface area contributed by atoms with E-state index in [9.17, 15) is 13.2 Å². The summed E-state index contributed by atoms with van der Waals surface area (Å²) in [6.07, 6.45) is 0. The molecule has 0 fully saturated rings. The van der Waals surface area contributed by atoms with E-state index in [0.29, 0.717) is 16.8 Å². The Morgan fingerprint density at radius 3 is 2.14 bits per heavy atom. The van der Waals surface area contributed by atoms with Crippen molar-refractivity contribution < 1.29 is 13.2 Å². The third kappa shape index (κ3) is 4.10. The number of sulfonamides is 1. The number of carbonyl (C=O) groups is 1. The van der Waals surface area contributed by atoms with Crippen LogP contribution in [-0.2, 0) is 10.0 Å². The highest BCUT2D eigenvalue weighted by molar-refractivity contribution is 7.90. The lowest BCUT2D eigenvalue weighted by atomic mass is 10.1.